The lowest BCUT2D eigenvalue weighted by Crippen LogP contribution is -2.24. The van der Waals surface area contributed by atoms with E-state index in [1.54, 1.807) is 0 Å². The fraction of sp³-hybridized carbons (Fsp3) is 0.429. The number of amides is 1. The number of fused-ring (bicyclic) bond motifs is 1. The Kier molecular flexibility index (Phi) is 5.39. The molecule has 1 aliphatic rings. The van der Waals surface area contributed by atoms with Crippen molar-refractivity contribution in [2.24, 2.45) is 5.92 Å². The van der Waals surface area contributed by atoms with E-state index >= 15 is 0 Å². The highest BCUT2D eigenvalue weighted by atomic mass is 35.5. The van der Waals surface area contributed by atoms with Crippen LogP contribution in [0.15, 0.2) is 18.2 Å². The Bertz CT molecular complexity index is 626. The summed E-state index contributed by atoms with van der Waals surface area (Å²) in [6.07, 6.45) is 0.894. The van der Waals surface area contributed by atoms with E-state index in [0.29, 0.717) is 11.7 Å². The normalized spacial score (nSPS) is 17.5. The first-order valence-electron chi connectivity index (χ1n) is 6.81. The first kappa shape index (κ1) is 16.0. The highest BCUT2D eigenvalue weighted by molar-refractivity contribution is 7.22. The molecule has 0 bridgehead atoms. The third-order valence-corrected chi connectivity index (χ3v) is 4.27. The molecule has 1 aromatic carbocycles. The Balaban J connectivity index is 0.00000161. The molecule has 2 aromatic rings. The Labute approximate surface area is 133 Å². The number of nitrogens with zero attached hydrogens (tertiary/aromatic N) is 1. The first-order valence-corrected chi connectivity index (χ1v) is 7.63. The lowest BCUT2D eigenvalue weighted by atomic mass is 10.1. The van der Waals surface area contributed by atoms with Gasteiger partial charge in [-0.3, -0.25) is 4.79 Å². The van der Waals surface area contributed by atoms with E-state index in [-0.39, 0.29) is 24.2 Å². The van der Waals surface area contributed by atoms with Crippen molar-refractivity contribution in [2.75, 3.05) is 25.0 Å². The van der Waals surface area contributed by atoms with Crippen molar-refractivity contribution in [3.8, 4) is 5.75 Å². The smallest absolute Gasteiger partial charge is 0.230 e. The van der Waals surface area contributed by atoms with Crippen LogP contribution in [0.25, 0.3) is 10.2 Å². The van der Waals surface area contributed by atoms with Crippen molar-refractivity contribution in [3.63, 3.8) is 0 Å². The molecule has 0 aliphatic carbocycles. The van der Waals surface area contributed by atoms with Crippen LogP contribution in [0.3, 0.4) is 0 Å². The summed E-state index contributed by atoms with van der Waals surface area (Å²) >= 11 is 1.48. The van der Waals surface area contributed by atoms with Crippen LogP contribution in [-0.4, -0.2) is 30.6 Å². The lowest BCUT2D eigenvalue weighted by molar-refractivity contribution is -0.119. The van der Waals surface area contributed by atoms with Gasteiger partial charge in [0.1, 0.15) is 5.75 Å². The van der Waals surface area contributed by atoms with E-state index in [1.165, 1.54) is 11.3 Å². The van der Waals surface area contributed by atoms with E-state index in [1.807, 2.05) is 25.1 Å². The zero-order chi connectivity index (χ0) is 13.9. The average Bonchev–Trinajstić information content (AvgIpc) is 3.06. The Hall–Kier alpha value is -1.37. The Morgan fingerprint density at radius 3 is 3.14 bits per heavy atom. The number of anilines is 1. The van der Waals surface area contributed by atoms with Gasteiger partial charge in [0, 0.05) is 6.54 Å². The van der Waals surface area contributed by atoms with Crippen LogP contribution in [-0.2, 0) is 4.79 Å². The average molecular weight is 328 g/mol. The van der Waals surface area contributed by atoms with Crippen LogP contribution in [0.5, 0.6) is 5.75 Å². The van der Waals surface area contributed by atoms with E-state index < -0.39 is 0 Å². The van der Waals surface area contributed by atoms with Gasteiger partial charge in [-0.05, 0) is 38.1 Å². The van der Waals surface area contributed by atoms with Gasteiger partial charge in [-0.1, -0.05) is 11.3 Å². The number of hydrogen-bond donors (Lipinski definition) is 2. The Morgan fingerprint density at radius 1 is 1.57 bits per heavy atom. The zero-order valence-corrected chi connectivity index (χ0v) is 13.4. The van der Waals surface area contributed by atoms with Crippen LogP contribution in [0, 0.1) is 5.92 Å². The quantitative estimate of drug-likeness (QED) is 0.906. The summed E-state index contributed by atoms with van der Waals surface area (Å²) in [7, 11) is 0. The van der Waals surface area contributed by atoms with Crippen LogP contribution in [0.2, 0.25) is 0 Å². The third-order valence-electron chi connectivity index (χ3n) is 3.33. The predicted molar refractivity (Wildman–Crippen MR) is 87.6 cm³/mol. The molecule has 0 spiro atoms. The standard InChI is InChI=1S/C14H17N3O2S.ClH/c1-2-19-10-3-4-11-12(7-10)20-14(16-11)17-13(18)9-5-6-15-8-9;/h3-4,7,9,15H,2,5-6,8H2,1H3,(H,16,17,18);1H. The van der Waals surface area contributed by atoms with Gasteiger partial charge in [0.05, 0.1) is 22.7 Å². The molecule has 3 rings (SSSR count). The van der Waals surface area contributed by atoms with Crippen LogP contribution in [0.1, 0.15) is 13.3 Å². The minimum atomic E-state index is 0. The number of ether oxygens (including phenoxy) is 1. The number of carbonyl (C=O) groups is 1. The fourth-order valence-electron chi connectivity index (χ4n) is 2.30. The number of nitrogens with one attached hydrogen (secondary N) is 2. The largest absolute Gasteiger partial charge is 0.494 e. The van der Waals surface area contributed by atoms with Gasteiger partial charge >= 0.3 is 0 Å². The molecular formula is C14H18ClN3O2S. The Morgan fingerprint density at radius 2 is 2.43 bits per heavy atom. The molecular weight excluding hydrogens is 310 g/mol. The SMILES string of the molecule is CCOc1ccc2nc(NC(=O)C3CCNC3)sc2c1.Cl. The number of thiazole rings is 1. The molecule has 21 heavy (non-hydrogen) atoms. The summed E-state index contributed by atoms with van der Waals surface area (Å²) in [6, 6.07) is 5.78. The molecule has 1 amide bonds. The highest BCUT2D eigenvalue weighted by Gasteiger charge is 2.23. The summed E-state index contributed by atoms with van der Waals surface area (Å²) < 4.78 is 6.49. The molecule has 2 N–H and O–H groups in total. The van der Waals surface area contributed by atoms with Crippen molar-refractivity contribution in [1.82, 2.24) is 10.3 Å². The molecule has 7 heteroatoms. The summed E-state index contributed by atoms with van der Waals surface area (Å²) in [4.78, 5) is 16.5. The fourth-order valence-corrected chi connectivity index (χ4v) is 3.20. The van der Waals surface area contributed by atoms with Crippen LogP contribution in [0.4, 0.5) is 5.13 Å². The van der Waals surface area contributed by atoms with Gasteiger partial charge in [0.25, 0.3) is 0 Å². The number of benzene rings is 1. The summed E-state index contributed by atoms with van der Waals surface area (Å²) in [5.41, 5.74) is 0.887. The second-order valence-corrected chi connectivity index (χ2v) is 5.79. The number of rotatable bonds is 4. The van der Waals surface area contributed by atoms with Gasteiger partial charge < -0.3 is 15.4 Å². The van der Waals surface area contributed by atoms with Gasteiger partial charge in [-0.15, -0.1) is 12.4 Å². The molecule has 1 fully saturated rings. The number of carbonyl (C=O) groups excluding carboxylic acids is 1. The molecule has 2 heterocycles. The maximum Gasteiger partial charge on any atom is 0.230 e. The topological polar surface area (TPSA) is 63.2 Å². The number of aromatic nitrogens is 1. The predicted octanol–water partition coefficient (Wildman–Crippen LogP) is 2.66. The van der Waals surface area contributed by atoms with E-state index in [0.717, 1.165) is 35.5 Å². The molecule has 1 saturated heterocycles. The van der Waals surface area contributed by atoms with Crippen molar-refractivity contribution >= 4 is 45.0 Å². The number of hydrogen-bond acceptors (Lipinski definition) is 5. The van der Waals surface area contributed by atoms with Gasteiger partial charge in [0.15, 0.2) is 5.13 Å². The van der Waals surface area contributed by atoms with Crippen molar-refractivity contribution < 1.29 is 9.53 Å². The molecule has 5 nitrogen and oxygen atoms in total. The van der Waals surface area contributed by atoms with Gasteiger partial charge in [0.2, 0.25) is 5.91 Å². The molecule has 1 aliphatic heterocycles. The maximum absolute atomic E-state index is 12.1. The van der Waals surface area contributed by atoms with Crippen molar-refractivity contribution in [1.29, 1.82) is 0 Å². The minimum absolute atomic E-state index is 0. The first-order chi connectivity index (χ1) is 9.76. The second-order valence-electron chi connectivity index (χ2n) is 4.76. The molecule has 1 unspecified atom stereocenters. The molecule has 114 valence electrons. The van der Waals surface area contributed by atoms with Gasteiger partial charge in [-0.2, -0.15) is 0 Å². The zero-order valence-electron chi connectivity index (χ0n) is 11.7. The van der Waals surface area contributed by atoms with Crippen molar-refractivity contribution in [2.45, 2.75) is 13.3 Å². The molecule has 1 atom stereocenters. The maximum atomic E-state index is 12.1. The monoisotopic (exact) mass is 327 g/mol. The van der Waals surface area contributed by atoms with Crippen LogP contribution >= 0.6 is 23.7 Å². The van der Waals surface area contributed by atoms with E-state index in [9.17, 15) is 4.79 Å². The van der Waals surface area contributed by atoms with E-state index in [2.05, 4.69) is 15.6 Å². The third kappa shape index (κ3) is 3.64. The highest BCUT2D eigenvalue weighted by Crippen LogP contribution is 2.29. The van der Waals surface area contributed by atoms with Gasteiger partial charge in [-0.25, -0.2) is 4.98 Å². The molecule has 0 saturated carbocycles. The summed E-state index contributed by atoms with van der Waals surface area (Å²) in [5, 5.41) is 6.76. The van der Waals surface area contributed by atoms with E-state index in [4.69, 9.17) is 4.74 Å². The molecule has 1 aromatic heterocycles. The van der Waals surface area contributed by atoms with Crippen molar-refractivity contribution in [3.05, 3.63) is 18.2 Å². The lowest BCUT2D eigenvalue weighted by Gasteiger charge is -2.06. The summed E-state index contributed by atoms with van der Waals surface area (Å²) in [6.45, 7) is 4.27. The summed E-state index contributed by atoms with van der Waals surface area (Å²) in [5.74, 6) is 0.946. The number of halogens is 1. The molecule has 0 radical (unpaired) electrons. The second kappa shape index (κ2) is 7.06. The van der Waals surface area contributed by atoms with Crippen LogP contribution < -0.4 is 15.4 Å². The minimum Gasteiger partial charge on any atom is -0.494 e.